The third kappa shape index (κ3) is 3.72. The van der Waals surface area contributed by atoms with Crippen molar-refractivity contribution in [2.24, 2.45) is 5.92 Å². The van der Waals surface area contributed by atoms with Crippen LogP contribution in [-0.2, 0) is 4.79 Å². The van der Waals surface area contributed by atoms with E-state index in [1.165, 1.54) is 0 Å². The predicted octanol–water partition coefficient (Wildman–Crippen LogP) is 3.01. The maximum absolute atomic E-state index is 11.3. The van der Waals surface area contributed by atoms with Crippen LogP contribution in [0.2, 0.25) is 5.02 Å². The number of nitrogens with zero attached hydrogens (tertiary/aromatic N) is 1. The van der Waals surface area contributed by atoms with Crippen molar-refractivity contribution in [2.45, 2.75) is 31.3 Å². The minimum absolute atomic E-state index is 0.0760. The molecule has 1 atom stereocenters. The summed E-state index contributed by atoms with van der Waals surface area (Å²) in [5, 5.41) is 9.82. The van der Waals surface area contributed by atoms with Crippen molar-refractivity contribution in [2.75, 3.05) is 27.2 Å². The molecular formula is C17H22ClNO4. The monoisotopic (exact) mass is 339 g/mol. The summed E-state index contributed by atoms with van der Waals surface area (Å²) < 4.78 is 11.6. The van der Waals surface area contributed by atoms with Crippen LogP contribution in [-0.4, -0.2) is 49.3 Å². The highest BCUT2D eigenvalue weighted by atomic mass is 35.5. The molecule has 5 nitrogen and oxygen atoms in total. The summed E-state index contributed by atoms with van der Waals surface area (Å²) in [6.45, 7) is 1.72. The van der Waals surface area contributed by atoms with Crippen LogP contribution < -0.4 is 9.47 Å². The third-order valence-electron chi connectivity index (χ3n) is 4.57. The van der Waals surface area contributed by atoms with Gasteiger partial charge in [0.2, 0.25) is 0 Å². The molecule has 0 spiro atoms. The Balaban J connectivity index is 1.95. The van der Waals surface area contributed by atoms with E-state index in [1.807, 2.05) is 13.1 Å². The molecule has 0 bridgehead atoms. The number of halogens is 1. The summed E-state index contributed by atoms with van der Waals surface area (Å²) in [4.78, 5) is 13.5. The maximum atomic E-state index is 11.3. The van der Waals surface area contributed by atoms with Gasteiger partial charge in [0.05, 0.1) is 13.5 Å². The zero-order valence-corrected chi connectivity index (χ0v) is 14.2. The van der Waals surface area contributed by atoms with Gasteiger partial charge >= 0.3 is 5.97 Å². The molecule has 1 N–H and O–H groups in total. The average molecular weight is 340 g/mol. The molecule has 1 unspecified atom stereocenters. The van der Waals surface area contributed by atoms with E-state index in [0.717, 1.165) is 31.5 Å². The van der Waals surface area contributed by atoms with Crippen molar-refractivity contribution in [1.29, 1.82) is 0 Å². The van der Waals surface area contributed by atoms with Crippen LogP contribution in [0, 0.1) is 5.92 Å². The first-order chi connectivity index (χ1) is 11.0. The molecule has 0 radical (unpaired) electrons. The Morgan fingerprint density at radius 1 is 1.43 bits per heavy atom. The molecule has 126 valence electrons. The number of carbonyl (C=O) groups is 1. The van der Waals surface area contributed by atoms with Gasteiger partial charge in [-0.25, -0.2) is 0 Å². The molecule has 3 rings (SSSR count). The van der Waals surface area contributed by atoms with Gasteiger partial charge in [-0.1, -0.05) is 11.6 Å². The number of hydrogen-bond donors (Lipinski definition) is 1. The Bertz CT molecular complexity index is 597. The highest BCUT2D eigenvalue weighted by molar-refractivity contribution is 6.30. The molecule has 1 saturated heterocycles. The van der Waals surface area contributed by atoms with Crippen LogP contribution in [0.25, 0.3) is 0 Å². The van der Waals surface area contributed by atoms with Crippen molar-refractivity contribution in [1.82, 2.24) is 4.90 Å². The first kappa shape index (κ1) is 16.4. The van der Waals surface area contributed by atoms with Crippen LogP contribution in [0.5, 0.6) is 11.5 Å². The maximum Gasteiger partial charge on any atom is 0.303 e. The second-order valence-electron chi connectivity index (χ2n) is 6.53. The largest absolute Gasteiger partial charge is 0.493 e. The van der Waals surface area contributed by atoms with E-state index in [0.29, 0.717) is 22.4 Å². The summed E-state index contributed by atoms with van der Waals surface area (Å²) in [5.41, 5.74) is 0.869. The number of methoxy groups -OCH3 is 1. The van der Waals surface area contributed by atoms with Crippen molar-refractivity contribution in [3.63, 3.8) is 0 Å². The lowest BCUT2D eigenvalue weighted by Crippen LogP contribution is -2.51. The fourth-order valence-corrected chi connectivity index (χ4v) is 3.46. The van der Waals surface area contributed by atoms with Gasteiger partial charge in [-0.15, -0.1) is 0 Å². The van der Waals surface area contributed by atoms with Gasteiger partial charge in [0.25, 0.3) is 0 Å². The summed E-state index contributed by atoms with van der Waals surface area (Å²) in [6.07, 6.45) is 2.31. The van der Waals surface area contributed by atoms with Gasteiger partial charge < -0.3 is 14.6 Å². The Morgan fingerprint density at radius 2 is 2.13 bits per heavy atom. The minimum atomic E-state index is -0.796. The van der Waals surface area contributed by atoms with Gasteiger partial charge in [0.1, 0.15) is 6.10 Å². The molecule has 1 aromatic rings. The van der Waals surface area contributed by atoms with E-state index in [9.17, 15) is 9.90 Å². The van der Waals surface area contributed by atoms with Gasteiger partial charge in [0.15, 0.2) is 11.5 Å². The Kier molecular flexibility index (Phi) is 4.69. The summed E-state index contributed by atoms with van der Waals surface area (Å²) in [6, 6.07) is 3.57. The molecular weight excluding hydrogens is 318 g/mol. The van der Waals surface area contributed by atoms with E-state index in [1.54, 1.807) is 13.2 Å². The zero-order valence-electron chi connectivity index (χ0n) is 13.4. The van der Waals surface area contributed by atoms with Gasteiger partial charge in [-0.2, -0.15) is 0 Å². The molecule has 1 saturated carbocycles. The Hall–Kier alpha value is -1.46. The minimum Gasteiger partial charge on any atom is -0.493 e. The van der Waals surface area contributed by atoms with Gasteiger partial charge in [-0.3, -0.25) is 9.69 Å². The van der Waals surface area contributed by atoms with Crippen molar-refractivity contribution >= 4 is 17.6 Å². The smallest absolute Gasteiger partial charge is 0.303 e. The first-order valence-corrected chi connectivity index (χ1v) is 8.30. The predicted molar refractivity (Wildman–Crippen MR) is 87.6 cm³/mol. The molecule has 23 heavy (non-hydrogen) atoms. The molecule has 1 aliphatic carbocycles. The van der Waals surface area contributed by atoms with E-state index < -0.39 is 5.97 Å². The second-order valence-corrected chi connectivity index (χ2v) is 6.97. The topological polar surface area (TPSA) is 59.0 Å². The number of aliphatic carboxylic acids is 1. The van der Waals surface area contributed by atoms with Crippen molar-refractivity contribution < 1.29 is 19.4 Å². The third-order valence-corrected chi connectivity index (χ3v) is 4.79. The van der Waals surface area contributed by atoms with Crippen LogP contribution >= 0.6 is 11.6 Å². The number of ether oxygens (including phenoxy) is 2. The molecule has 1 aromatic carbocycles. The Labute approximate surface area is 141 Å². The highest BCUT2D eigenvalue weighted by Crippen LogP contribution is 2.50. The standard InChI is InChI=1S/C17H22ClNO4/c1-19-8-12(9-19)23-17-14(5-11(18)6-15(17)22-2)13(7-16(20)21)10-3-4-10/h5-6,10,12-13H,3-4,7-9H2,1-2H3,(H,20,21). The SMILES string of the molecule is COc1cc(Cl)cc(C(CC(=O)O)C2CC2)c1OC1CN(C)C1. The van der Waals surface area contributed by atoms with Gasteiger partial charge in [0, 0.05) is 35.7 Å². The Morgan fingerprint density at radius 3 is 2.65 bits per heavy atom. The molecule has 0 aromatic heterocycles. The molecule has 0 amide bonds. The number of likely N-dealkylation sites (N-methyl/N-ethyl adjacent to an activating group) is 1. The number of likely N-dealkylation sites (tertiary alicyclic amines) is 1. The summed E-state index contributed by atoms with van der Waals surface area (Å²) in [7, 11) is 3.62. The lowest BCUT2D eigenvalue weighted by Gasteiger charge is -2.37. The van der Waals surface area contributed by atoms with Crippen molar-refractivity contribution in [3.05, 3.63) is 22.7 Å². The number of carboxylic acid groups (broad SMARTS) is 1. The van der Waals surface area contributed by atoms with Crippen LogP contribution in [0.15, 0.2) is 12.1 Å². The second kappa shape index (κ2) is 6.57. The molecule has 1 aliphatic heterocycles. The molecule has 2 fully saturated rings. The molecule has 2 aliphatic rings. The van der Waals surface area contributed by atoms with Crippen LogP contribution in [0.1, 0.15) is 30.7 Å². The normalized spacial score (nSPS) is 20.0. The summed E-state index contributed by atoms with van der Waals surface area (Å²) in [5.74, 6) is 0.759. The number of carboxylic acids is 1. The lowest BCUT2D eigenvalue weighted by molar-refractivity contribution is -0.137. The number of hydrogen-bond acceptors (Lipinski definition) is 4. The van der Waals surface area contributed by atoms with E-state index >= 15 is 0 Å². The number of rotatable bonds is 7. The fourth-order valence-electron chi connectivity index (χ4n) is 3.24. The molecule has 1 heterocycles. The van der Waals surface area contributed by atoms with E-state index in [-0.39, 0.29) is 18.4 Å². The number of benzene rings is 1. The zero-order chi connectivity index (χ0) is 16.6. The summed E-state index contributed by atoms with van der Waals surface area (Å²) >= 11 is 6.22. The lowest BCUT2D eigenvalue weighted by atomic mass is 9.90. The average Bonchev–Trinajstić information content (AvgIpc) is 3.28. The van der Waals surface area contributed by atoms with Crippen LogP contribution in [0.4, 0.5) is 0 Å². The quantitative estimate of drug-likeness (QED) is 0.827. The van der Waals surface area contributed by atoms with E-state index in [2.05, 4.69) is 4.90 Å². The van der Waals surface area contributed by atoms with E-state index in [4.69, 9.17) is 21.1 Å². The highest BCUT2D eigenvalue weighted by Gasteiger charge is 2.37. The first-order valence-electron chi connectivity index (χ1n) is 7.92. The molecule has 6 heteroatoms. The van der Waals surface area contributed by atoms with Gasteiger partial charge in [-0.05, 0) is 31.9 Å². The van der Waals surface area contributed by atoms with Crippen LogP contribution in [0.3, 0.4) is 0 Å². The fraction of sp³-hybridized carbons (Fsp3) is 0.588. The van der Waals surface area contributed by atoms with Crippen molar-refractivity contribution in [3.8, 4) is 11.5 Å².